The summed E-state index contributed by atoms with van der Waals surface area (Å²) < 4.78 is 15.4. The summed E-state index contributed by atoms with van der Waals surface area (Å²) in [6, 6.07) is 22.4. The first kappa shape index (κ1) is 16.9. The van der Waals surface area contributed by atoms with Crippen molar-refractivity contribution >= 4 is 10.9 Å². The fraction of sp³-hybridized carbons (Fsp3) is 0.167. The lowest BCUT2D eigenvalue weighted by atomic mass is 9.98. The van der Waals surface area contributed by atoms with Gasteiger partial charge < -0.3 is 0 Å². The van der Waals surface area contributed by atoms with Crippen LogP contribution in [0.5, 0.6) is 0 Å². The van der Waals surface area contributed by atoms with E-state index in [1.54, 1.807) is 6.07 Å². The Labute approximate surface area is 162 Å². The first-order valence-corrected chi connectivity index (χ1v) is 9.51. The van der Waals surface area contributed by atoms with Gasteiger partial charge in [-0.2, -0.15) is 0 Å². The molecule has 1 aromatic heterocycles. The predicted molar refractivity (Wildman–Crippen MR) is 109 cm³/mol. The van der Waals surface area contributed by atoms with Gasteiger partial charge in [-0.1, -0.05) is 48.5 Å². The van der Waals surface area contributed by atoms with Crippen LogP contribution in [0.3, 0.4) is 0 Å². The van der Waals surface area contributed by atoms with Gasteiger partial charge >= 0.3 is 0 Å². The smallest absolute Gasteiger partial charge is 0.261 e. The van der Waals surface area contributed by atoms with E-state index in [0.717, 1.165) is 29.8 Å². The minimum atomic E-state index is -0.275. The Morgan fingerprint density at radius 2 is 1.79 bits per heavy atom. The highest BCUT2D eigenvalue weighted by molar-refractivity contribution is 5.83. The molecule has 0 radical (unpaired) electrons. The number of halogens is 1. The lowest BCUT2D eigenvalue weighted by Crippen LogP contribution is -2.21. The fourth-order valence-electron chi connectivity index (χ4n) is 4.12. The van der Waals surface area contributed by atoms with Crippen LogP contribution < -0.4 is 5.56 Å². The molecule has 0 saturated carbocycles. The van der Waals surface area contributed by atoms with E-state index in [4.69, 9.17) is 4.98 Å². The molecule has 1 unspecified atom stereocenters. The van der Waals surface area contributed by atoms with E-state index >= 15 is 0 Å². The van der Waals surface area contributed by atoms with E-state index in [1.807, 2.05) is 47.0 Å². The van der Waals surface area contributed by atoms with Crippen molar-refractivity contribution in [1.29, 1.82) is 0 Å². The van der Waals surface area contributed by atoms with E-state index in [1.165, 1.54) is 17.7 Å². The van der Waals surface area contributed by atoms with Gasteiger partial charge in [0.1, 0.15) is 11.6 Å². The molecule has 1 aliphatic rings. The maximum atomic E-state index is 13.6. The maximum Gasteiger partial charge on any atom is 0.261 e. The fourth-order valence-corrected chi connectivity index (χ4v) is 4.12. The van der Waals surface area contributed by atoms with Crippen molar-refractivity contribution in [3.8, 4) is 11.1 Å². The van der Waals surface area contributed by atoms with Crippen molar-refractivity contribution in [2.24, 2.45) is 5.92 Å². The van der Waals surface area contributed by atoms with Crippen LogP contribution in [0.15, 0.2) is 77.6 Å². The lowest BCUT2D eigenvalue weighted by molar-refractivity contribution is 0.507. The molecule has 4 aromatic rings. The minimum Gasteiger partial charge on any atom is -0.296 e. The molecule has 28 heavy (non-hydrogen) atoms. The van der Waals surface area contributed by atoms with Gasteiger partial charge in [-0.25, -0.2) is 9.37 Å². The van der Waals surface area contributed by atoms with Crippen LogP contribution in [0.4, 0.5) is 4.39 Å². The Morgan fingerprint density at radius 3 is 2.61 bits per heavy atom. The van der Waals surface area contributed by atoms with Gasteiger partial charge in [0.15, 0.2) is 0 Å². The van der Waals surface area contributed by atoms with Gasteiger partial charge in [0, 0.05) is 13.0 Å². The summed E-state index contributed by atoms with van der Waals surface area (Å²) in [6.07, 6.45) is 1.73. The molecule has 0 saturated heterocycles. The van der Waals surface area contributed by atoms with Gasteiger partial charge in [-0.15, -0.1) is 0 Å². The standard InChI is InChI=1S/C24H19FN2O/c25-20-8-4-7-18(13-20)19-9-10-21-22(14-19)26-23-12-17(15-27(23)24(21)28)11-16-5-2-1-3-6-16/h1-10,13-14,17H,11-12,15H2. The summed E-state index contributed by atoms with van der Waals surface area (Å²) in [4.78, 5) is 17.8. The zero-order valence-corrected chi connectivity index (χ0v) is 15.3. The summed E-state index contributed by atoms with van der Waals surface area (Å²) in [5.74, 6) is 0.945. The van der Waals surface area contributed by atoms with Crippen molar-refractivity contribution in [2.45, 2.75) is 19.4 Å². The zero-order valence-electron chi connectivity index (χ0n) is 15.3. The molecule has 0 aliphatic carbocycles. The maximum absolute atomic E-state index is 13.6. The van der Waals surface area contributed by atoms with E-state index in [9.17, 15) is 9.18 Å². The number of fused-ring (bicyclic) bond motifs is 2. The third-order valence-corrected chi connectivity index (χ3v) is 5.47. The first-order chi connectivity index (χ1) is 13.7. The largest absolute Gasteiger partial charge is 0.296 e. The molecule has 4 heteroatoms. The first-order valence-electron chi connectivity index (χ1n) is 9.51. The van der Waals surface area contributed by atoms with Gasteiger partial charge in [-0.3, -0.25) is 9.36 Å². The highest BCUT2D eigenvalue weighted by Gasteiger charge is 2.25. The Bertz CT molecular complexity index is 1230. The van der Waals surface area contributed by atoms with Gasteiger partial charge in [0.25, 0.3) is 5.56 Å². The number of hydrogen-bond donors (Lipinski definition) is 0. The third-order valence-electron chi connectivity index (χ3n) is 5.47. The van der Waals surface area contributed by atoms with Gasteiger partial charge in [0.2, 0.25) is 0 Å². The van der Waals surface area contributed by atoms with Crippen molar-refractivity contribution in [3.05, 3.63) is 100 Å². The van der Waals surface area contributed by atoms with Crippen LogP contribution in [0.2, 0.25) is 0 Å². The highest BCUT2D eigenvalue weighted by atomic mass is 19.1. The Kier molecular flexibility index (Phi) is 4.05. The topological polar surface area (TPSA) is 34.9 Å². The zero-order chi connectivity index (χ0) is 19.1. The number of benzene rings is 3. The quantitative estimate of drug-likeness (QED) is 0.528. The van der Waals surface area contributed by atoms with Gasteiger partial charge in [0.05, 0.1) is 10.9 Å². The number of aromatic nitrogens is 2. The van der Waals surface area contributed by atoms with Gasteiger partial charge in [-0.05, 0) is 53.3 Å². The average Bonchev–Trinajstić information content (AvgIpc) is 3.11. The van der Waals surface area contributed by atoms with Crippen molar-refractivity contribution < 1.29 is 4.39 Å². The highest BCUT2D eigenvalue weighted by Crippen LogP contribution is 2.26. The summed E-state index contributed by atoms with van der Waals surface area (Å²) in [5, 5.41) is 0.615. The van der Waals surface area contributed by atoms with Crippen LogP contribution in [0, 0.1) is 11.7 Å². The van der Waals surface area contributed by atoms with Crippen molar-refractivity contribution in [1.82, 2.24) is 9.55 Å². The molecule has 3 nitrogen and oxygen atoms in total. The number of hydrogen-bond acceptors (Lipinski definition) is 2. The summed E-state index contributed by atoms with van der Waals surface area (Å²) in [7, 11) is 0. The summed E-state index contributed by atoms with van der Waals surface area (Å²) in [5.41, 5.74) is 3.62. The molecule has 5 rings (SSSR count). The molecule has 1 atom stereocenters. The third kappa shape index (κ3) is 3.01. The average molecular weight is 370 g/mol. The Balaban J connectivity index is 1.51. The molecular formula is C24H19FN2O. The Morgan fingerprint density at radius 1 is 0.964 bits per heavy atom. The van der Waals surface area contributed by atoms with E-state index in [-0.39, 0.29) is 11.4 Å². The molecule has 138 valence electrons. The molecule has 0 bridgehead atoms. The molecule has 0 amide bonds. The van der Waals surface area contributed by atoms with Crippen LogP contribution in [0.1, 0.15) is 11.4 Å². The molecular weight excluding hydrogens is 351 g/mol. The molecule has 2 heterocycles. The van der Waals surface area contributed by atoms with E-state index in [2.05, 4.69) is 12.1 Å². The second-order valence-electron chi connectivity index (χ2n) is 7.45. The molecule has 0 fully saturated rings. The van der Waals surface area contributed by atoms with Crippen LogP contribution in [-0.2, 0) is 19.4 Å². The number of rotatable bonds is 3. The Hall–Kier alpha value is -3.27. The van der Waals surface area contributed by atoms with E-state index < -0.39 is 0 Å². The second kappa shape index (κ2) is 6.71. The van der Waals surface area contributed by atoms with Crippen LogP contribution in [-0.4, -0.2) is 9.55 Å². The SMILES string of the molecule is O=c1c2ccc(-c3cccc(F)c3)cc2nc2n1CC(Cc1ccccc1)C2. The minimum absolute atomic E-state index is 0.0151. The second-order valence-corrected chi connectivity index (χ2v) is 7.45. The monoisotopic (exact) mass is 370 g/mol. The van der Waals surface area contributed by atoms with Crippen molar-refractivity contribution in [3.63, 3.8) is 0 Å². The summed E-state index contributed by atoms with van der Waals surface area (Å²) in [6.45, 7) is 0.706. The molecule has 0 spiro atoms. The number of nitrogens with zero attached hydrogens (tertiary/aromatic N) is 2. The normalized spacial score (nSPS) is 15.7. The molecule has 0 N–H and O–H groups in total. The van der Waals surface area contributed by atoms with Crippen molar-refractivity contribution in [2.75, 3.05) is 0 Å². The lowest BCUT2D eigenvalue weighted by Gasteiger charge is -2.08. The van der Waals surface area contributed by atoms with E-state index in [0.29, 0.717) is 23.4 Å². The van der Waals surface area contributed by atoms with Crippen LogP contribution in [0.25, 0.3) is 22.0 Å². The van der Waals surface area contributed by atoms with Crippen LogP contribution >= 0.6 is 0 Å². The molecule has 3 aromatic carbocycles. The molecule has 1 aliphatic heterocycles. The summed E-state index contributed by atoms with van der Waals surface area (Å²) >= 11 is 0. The predicted octanol–water partition coefficient (Wildman–Crippen LogP) is 4.62.